The molecule has 5 heteroatoms. The number of ether oxygens (including phenoxy) is 3. The van der Waals surface area contributed by atoms with Crippen molar-refractivity contribution in [2.75, 3.05) is 20.8 Å². The van der Waals surface area contributed by atoms with Crippen molar-refractivity contribution >= 4 is 11.6 Å². The highest BCUT2D eigenvalue weighted by Gasteiger charge is 2.21. The van der Waals surface area contributed by atoms with Crippen molar-refractivity contribution in [1.29, 1.82) is 0 Å². The zero-order valence-corrected chi connectivity index (χ0v) is 12.6. The number of rotatable bonds is 6. The summed E-state index contributed by atoms with van der Waals surface area (Å²) in [5, 5.41) is -0.390. The number of methoxy groups -OCH3 is 2. The molecule has 0 amide bonds. The van der Waals surface area contributed by atoms with Crippen molar-refractivity contribution in [3.8, 4) is 11.5 Å². The molecule has 0 radical (unpaired) electrons. The topological polar surface area (TPSA) is 27.7 Å². The van der Waals surface area contributed by atoms with E-state index in [4.69, 9.17) is 25.8 Å². The first-order valence-electron chi connectivity index (χ1n) is 6.82. The summed E-state index contributed by atoms with van der Waals surface area (Å²) in [7, 11) is 3.00. The van der Waals surface area contributed by atoms with Gasteiger partial charge < -0.3 is 14.2 Å². The average Bonchev–Trinajstić information content (AvgIpc) is 2.97. The van der Waals surface area contributed by atoms with Gasteiger partial charge >= 0.3 is 0 Å². The second kappa shape index (κ2) is 7.14. The van der Waals surface area contributed by atoms with Crippen molar-refractivity contribution < 1.29 is 18.6 Å². The van der Waals surface area contributed by atoms with E-state index in [1.807, 2.05) is 0 Å². The van der Waals surface area contributed by atoms with E-state index in [0.717, 1.165) is 25.9 Å². The highest BCUT2D eigenvalue weighted by atomic mass is 35.5. The summed E-state index contributed by atoms with van der Waals surface area (Å²) < 4.78 is 29.9. The van der Waals surface area contributed by atoms with Crippen LogP contribution in [-0.2, 0) is 4.74 Å². The van der Waals surface area contributed by atoms with Gasteiger partial charge in [0.2, 0.25) is 0 Å². The number of hydrogen-bond donors (Lipinski definition) is 0. The molecule has 1 aliphatic rings. The molecule has 20 heavy (non-hydrogen) atoms. The first-order chi connectivity index (χ1) is 9.65. The quantitative estimate of drug-likeness (QED) is 0.741. The van der Waals surface area contributed by atoms with Crippen LogP contribution in [0.3, 0.4) is 0 Å². The Morgan fingerprint density at radius 1 is 1.35 bits per heavy atom. The lowest BCUT2D eigenvalue weighted by Gasteiger charge is -2.16. The molecule has 2 atom stereocenters. The van der Waals surface area contributed by atoms with Gasteiger partial charge in [-0.25, -0.2) is 4.39 Å². The smallest absolute Gasteiger partial charge is 0.163 e. The predicted octanol–water partition coefficient (Wildman–Crippen LogP) is 4.08. The highest BCUT2D eigenvalue weighted by molar-refractivity contribution is 6.20. The van der Waals surface area contributed by atoms with Crippen molar-refractivity contribution in [2.24, 2.45) is 0 Å². The average molecular weight is 303 g/mol. The van der Waals surface area contributed by atoms with Crippen LogP contribution < -0.4 is 9.47 Å². The Hall–Kier alpha value is -1.00. The minimum Gasteiger partial charge on any atom is -0.493 e. The van der Waals surface area contributed by atoms with E-state index in [1.54, 1.807) is 6.07 Å². The molecule has 1 heterocycles. The highest BCUT2D eigenvalue weighted by Crippen LogP contribution is 2.37. The summed E-state index contributed by atoms with van der Waals surface area (Å²) in [4.78, 5) is 0. The van der Waals surface area contributed by atoms with E-state index in [2.05, 4.69) is 0 Å². The van der Waals surface area contributed by atoms with Gasteiger partial charge in [0.1, 0.15) is 5.82 Å². The molecule has 3 nitrogen and oxygen atoms in total. The Labute approximate surface area is 124 Å². The molecule has 0 N–H and O–H groups in total. The molecule has 0 aliphatic carbocycles. The molecule has 112 valence electrons. The number of hydrogen-bond acceptors (Lipinski definition) is 3. The minimum atomic E-state index is -0.390. The zero-order chi connectivity index (χ0) is 14.5. The van der Waals surface area contributed by atoms with Gasteiger partial charge in [0.05, 0.1) is 25.7 Å². The summed E-state index contributed by atoms with van der Waals surface area (Å²) in [5.74, 6) is 0.499. The van der Waals surface area contributed by atoms with Crippen LogP contribution in [0, 0.1) is 5.82 Å². The van der Waals surface area contributed by atoms with Gasteiger partial charge in [0.25, 0.3) is 0 Å². The fourth-order valence-corrected chi connectivity index (χ4v) is 2.76. The third-order valence-electron chi connectivity index (χ3n) is 3.61. The predicted molar refractivity (Wildman–Crippen MR) is 76.3 cm³/mol. The maximum atomic E-state index is 14.1. The largest absolute Gasteiger partial charge is 0.493 e. The fraction of sp³-hybridized carbons (Fsp3) is 0.600. The van der Waals surface area contributed by atoms with Gasteiger partial charge in [-0.2, -0.15) is 0 Å². The Balaban J connectivity index is 2.06. The van der Waals surface area contributed by atoms with Gasteiger partial charge in [-0.15, -0.1) is 11.6 Å². The maximum Gasteiger partial charge on any atom is 0.163 e. The Morgan fingerprint density at radius 3 is 2.65 bits per heavy atom. The third kappa shape index (κ3) is 3.55. The molecule has 1 saturated heterocycles. The molecule has 0 spiro atoms. The Bertz CT molecular complexity index is 447. The van der Waals surface area contributed by atoms with E-state index in [0.29, 0.717) is 23.5 Å². The van der Waals surface area contributed by atoms with Gasteiger partial charge in [-0.1, -0.05) is 0 Å². The van der Waals surface area contributed by atoms with Gasteiger partial charge in [0, 0.05) is 18.2 Å². The van der Waals surface area contributed by atoms with Crippen LogP contribution >= 0.6 is 11.6 Å². The van der Waals surface area contributed by atoms with E-state index >= 15 is 0 Å². The molecule has 1 aromatic carbocycles. The molecule has 0 bridgehead atoms. The standard InChI is InChI=1S/C15H20ClFO3/c1-18-14-8-11(13(17)9-15(14)19-2)12(16)6-5-10-4-3-7-20-10/h8-10,12H,3-7H2,1-2H3. The van der Waals surface area contributed by atoms with Crippen LogP contribution in [0.1, 0.15) is 36.6 Å². The molecular formula is C15H20ClFO3. The number of alkyl halides is 1. The lowest BCUT2D eigenvalue weighted by atomic mass is 10.0. The van der Waals surface area contributed by atoms with Crippen LogP contribution in [0.25, 0.3) is 0 Å². The van der Waals surface area contributed by atoms with Crippen LogP contribution in [0.5, 0.6) is 11.5 Å². The first-order valence-corrected chi connectivity index (χ1v) is 7.26. The van der Waals surface area contributed by atoms with Crippen LogP contribution in [-0.4, -0.2) is 26.9 Å². The van der Waals surface area contributed by atoms with Gasteiger partial charge in [0.15, 0.2) is 11.5 Å². The van der Waals surface area contributed by atoms with E-state index < -0.39 is 0 Å². The summed E-state index contributed by atoms with van der Waals surface area (Å²) >= 11 is 6.32. The molecular weight excluding hydrogens is 283 g/mol. The van der Waals surface area contributed by atoms with E-state index in [9.17, 15) is 4.39 Å². The summed E-state index contributed by atoms with van der Waals surface area (Å²) in [6.45, 7) is 0.822. The zero-order valence-electron chi connectivity index (χ0n) is 11.8. The van der Waals surface area contributed by atoms with Gasteiger partial charge in [-0.05, 0) is 31.7 Å². The normalized spacial score (nSPS) is 19.9. The van der Waals surface area contributed by atoms with Crippen LogP contribution in [0.4, 0.5) is 4.39 Å². The Morgan fingerprint density at radius 2 is 2.05 bits per heavy atom. The van der Waals surface area contributed by atoms with Crippen LogP contribution in [0.2, 0.25) is 0 Å². The van der Waals surface area contributed by atoms with E-state index in [1.165, 1.54) is 20.3 Å². The third-order valence-corrected chi connectivity index (χ3v) is 4.06. The number of benzene rings is 1. The maximum absolute atomic E-state index is 14.1. The van der Waals surface area contributed by atoms with Crippen molar-refractivity contribution in [1.82, 2.24) is 0 Å². The molecule has 0 aromatic heterocycles. The monoisotopic (exact) mass is 302 g/mol. The summed E-state index contributed by atoms with van der Waals surface area (Å²) in [5.41, 5.74) is 0.447. The molecule has 0 saturated carbocycles. The summed E-state index contributed by atoms with van der Waals surface area (Å²) in [6, 6.07) is 2.93. The Kier molecular flexibility index (Phi) is 5.49. The molecule has 1 aliphatic heterocycles. The lowest BCUT2D eigenvalue weighted by molar-refractivity contribution is 0.102. The second-order valence-corrected chi connectivity index (χ2v) is 5.44. The second-order valence-electron chi connectivity index (χ2n) is 4.91. The van der Waals surface area contributed by atoms with Crippen LogP contribution in [0.15, 0.2) is 12.1 Å². The minimum absolute atomic E-state index is 0.263. The molecule has 1 fully saturated rings. The SMILES string of the molecule is COc1cc(F)c(C(Cl)CCC2CCCO2)cc1OC. The van der Waals surface area contributed by atoms with Gasteiger partial charge in [-0.3, -0.25) is 0 Å². The lowest BCUT2D eigenvalue weighted by Crippen LogP contribution is -2.07. The van der Waals surface area contributed by atoms with Crippen molar-refractivity contribution in [2.45, 2.75) is 37.2 Å². The molecule has 2 rings (SSSR count). The number of halogens is 2. The van der Waals surface area contributed by atoms with Crippen molar-refractivity contribution in [3.05, 3.63) is 23.5 Å². The first kappa shape index (κ1) is 15.4. The fourth-order valence-electron chi connectivity index (χ4n) is 2.47. The molecule has 2 unspecified atom stereocenters. The molecule has 1 aromatic rings. The summed E-state index contributed by atoms with van der Waals surface area (Å²) in [6.07, 6.45) is 3.96. The van der Waals surface area contributed by atoms with E-state index in [-0.39, 0.29) is 17.3 Å². The van der Waals surface area contributed by atoms with Crippen molar-refractivity contribution in [3.63, 3.8) is 0 Å².